The first-order valence-electron chi connectivity index (χ1n) is 18.2. The maximum atomic E-state index is 12.3. The van der Waals surface area contributed by atoms with Crippen molar-refractivity contribution in [1.82, 2.24) is 0 Å². The van der Waals surface area contributed by atoms with E-state index in [9.17, 15) is 142 Å². The molecule has 81 heavy (non-hydrogen) atoms. The van der Waals surface area contributed by atoms with E-state index in [1.165, 1.54) is 0 Å². The first-order valence-corrected chi connectivity index (χ1v) is 34.3. The minimum absolute atomic E-state index is 2.05. The van der Waals surface area contributed by atoms with E-state index >= 15 is 0 Å². The molecule has 0 amide bonds. The summed E-state index contributed by atoms with van der Waals surface area (Å²) in [5.41, 5.74) is 0. The van der Waals surface area contributed by atoms with Crippen molar-refractivity contribution in [3.05, 3.63) is 0 Å². The third-order valence-electron chi connectivity index (χ3n) is 8.16. The lowest BCUT2D eigenvalue weighted by molar-refractivity contribution is -0.294. The van der Waals surface area contributed by atoms with Crippen molar-refractivity contribution >= 4 is 126 Å². The molecule has 0 aliphatic carbocycles. The smallest absolute Gasteiger partial charge is 0.347 e. The Morgan fingerprint density at radius 3 is 0.852 bits per heavy atom. The SMILES string of the molecule is O=S(O)O[C@@H]([C@H](OS(=O)(=O)O)[C@@H](CO[C@@H]1O[C@H](COS(=O)(=O)O)[C@@H](OS(=O)(=O)O)[C@H](OS(=O)(=O)O)[C@H]1OS(=O)(=O)O)OS(=O)(=O)O)[C@@H](CO[C@@H]1O[C@H](COS(=O)(=O)O)[C@@H](OS(=O)(=O)O)[C@H](OS(=O)(=O)O)[C@H]1OS(=O)(=O)O)OS(=O)(=O)O. The number of hydrogen-bond acceptors (Lipinski definition) is 39. The normalized spacial score (nSPS) is 27.5. The lowest BCUT2D eigenvalue weighted by atomic mass is 9.99. The van der Waals surface area contributed by atoms with Gasteiger partial charge in [-0.1, -0.05) is 0 Å². The molecule has 0 bridgehead atoms. The molecule has 2 aliphatic heterocycles. The third-order valence-corrected chi connectivity index (χ3v) is 13.7. The molecule has 15 atom stereocenters. The Balaban J connectivity index is 3.10. The Kier molecular flexibility index (Phi) is 26.2. The Labute approximate surface area is 456 Å². The molecule has 0 aromatic heterocycles. The van der Waals surface area contributed by atoms with Gasteiger partial charge in [0, 0.05) is 0 Å². The van der Waals surface area contributed by atoms with Crippen LogP contribution in [0.4, 0.5) is 0 Å². The fourth-order valence-electron chi connectivity index (χ4n) is 6.04. The summed E-state index contributed by atoms with van der Waals surface area (Å²) in [5, 5.41) is 0. The standard InChI is InChI=1S/C18H34O51S12/c19-70(20)60-9(7(61-73(27,28)29)1-54-17-15(68-80(48,49)50)13(66-78(42,43)44)10(63-75(33,34)35)5(58-17)3-56-71(21,22)23)12(65-77(39,40)41)8(62-74(30,31)32)2-55-18-16(69-81(51,52)53)14(67-79(45,46)47)11(64-76(36,37)38)6(59-18)4-57-72(24,25)26/h5-18H,1-4H2,(H,19,20)(H,21,22,23)(H,24,25,26)(H,27,28,29)(H,30,31,32)(H,33,34,35)(H,36,37,38)(H,39,40,41)(H,42,43,44)(H,45,46,47)(H,48,49,50)(H,51,52,53)/t5-,6-,7-,8-,9-,10-,11-,12-,13+,14+,15-,16-,17-,18-/m1/s1. The van der Waals surface area contributed by atoms with E-state index < -0.39 is 238 Å². The highest BCUT2D eigenvalue weighted by atomic mass is 32.3. The zero-order valence-corrected chi connectivity index (χ0v) is 46.9. The van der Waals surface area contributed by atoms with Gasteiger partial charge in [0.2, 0.25) is 0 Å². The van der Waals surface area contributed by atoms with E-state index in [4.69, 9.17) is 28.1 Å². The van der Waals surface area contributed by atoms with Crippen LogP contribution in [0.25, 0.3) is 0 Å². The van der Waals surface area contributed by atoms with E-state index in [-0.39, 0.29) is 0 Å². The van der Waals surface area contributed by atoms with Crippen molar-refractivity contribution in [2.75, 3.05) is 26.4 Å². The number of ether oxygens (including phenoxy) is 4. The molecule has 0 radical (unpaired) electrons. The van der Waals surface area contributed by atoms with Crippen LogP contribution in [0.15, 0.2) is 0 Å². The number of rotatable bonds is 35. The summed E-state index contributed by atoms with van der Waals surface area (Å²) in [7, 11) is -69.1. The van der Waals surface area contributed by atoms with E-state index in [1.54, 1.807) is 0 Å². The summed E-state index contributed by atoms with van der Waals surface area (Å²) < 4.78 is 456. The Hall–Kier alpha value is -1.52. The average molecular weight is 1450 g/mol. The minimum atomic E-state index is -6.64. The molecule has 2 fully saturated rings. The highest BCUT2D eigenvalue weighted by Crippen LogP contribution is 2.35. The maximum absolute atomic E-state index is 12.3. The van der Waals surface area contributed by atoms with Gasteiger partial charge in [-0.05, 0) is 0 Å². The Morgan fingerprint density at radius 1 is 0.346 bits per heavy atom. The molecule has 63 heteroatoms. The van der Waals surface area contributed by atoms with Crippen LogP contribution in [0.1, 0.15) is 0 Å². The van der Waals surface area contributed by atoms with Gasteiger partial charge in [-0.3, -0.25) is 58.8 Å². The lowest BCUT2D eigenvalue weighted by Gasteiger charge is -2.43. The second-order valence-electron chi connectivity index (χ2n) is 14.0. The van der Waals surface area contributed by atoms with Gasteiger partial charge in [0.25, 0.3) is 0 Å². The van der Waals surface area contributed by atoms with Gasteiger partial charge in [0.15, 0.2) is 24.8 Å². The van der Waals surface area contributed by atoms with E-state index in [0.29, 0.717) is 0 Å². The van der Waals surface area contributed by atoms with Crippen LogP contribution in [0.2, 0.25) is 0 Å². The quantitative estimate of drug-likeness (QED) is 0.0207. The van der Waals surface area contributed by atoms with Crippen molar-refractivity contribution in [2.45, 2.75) is 85.8 Å². The second-order valence-corrected chi connectivity index (χ2v) is 26.2. The fraction of sp³-hybridized carbons (Fsp3) is 1.00. The zero-order valence-electron chi connectivity index (χ0n) is 37.1. The third kappa shape index (κ3) is 31.1. The highest BCUT2D eigenvalue weighted by Gasteiger charge is 2.57. The van der Waals surface area contributed by atoms with Crippen molar-refractivity contribution in [3.8, 4) is 0 Å². The lowest BCUT2D eigenvalue weighted by Crippen LogP contribution is -2.64. The number of hydrogen-bond donors (Lipinski definition) is 12. The molecule has 2 saturated heterocycles. The average Bonchev–Trinajstić information content (AvgIpc) is 3.17. The first-order chi connectivity index (χ1) is 35.8. The van der Waals surface area contributed by atoms with Crippen LogP contribution in [0, 0.1) is 0 Å². The van der Waals surface area contributed by atoms with Crippen LogP contribution in [-0.4, -0.2) is 264 Å². The van der Waals surface area contributed by atoms with Gasteiger partial charge in [-0.2, -0.15) is 96.8 Å². The maximum Gasteiger partial charge on any atom is 0.397 e. The fourth-order valence-corrected chi connectivity index (χ4v) is 11.5. The summed E-state index contributed by atoms with van der Waals surface area (Å²) in [4.78, 5) is 0. The van der Waals surface area contributed by atoms with Crippen LogP contribution in [0.5, 0.6) is 0 Å². The van der Waals surface area contributed by atoms with E-state index in [1.807, 2.05) is 0 Å². The summed E-state index contributed by atoms with van der Waals surface area (Å²) in [5.74, 6) is 0. The van der Waals surface area contributed by atoms with Crippen LogP contribution in [0.3, 0.4) is 0 Å². The molecule has 2 rings (SSSR count). The van der Waals surface area contributed by atoms with E-state index in [0.717, 1.165) is 0 Å². The van der Waals surface area contributed by atoms with E-state index in [2.05, 4.69) is 50.2 Å². The summed E-state index contributed by atoms with van der Waals surface area (Å²) in [6, 6.07) is 0. The van der Waals surface area contributed by atoms with Crippen LogP contribution in [-0.2, 0) is 195 Å². The molecule has 1 unspecified atom stereocenters. The topological polar surface area (TPSA) is 783 Å². The molecule has 12 N–H and O–H groups in total. The monoisotopic (exact) mass is 1450 g/mol. The zero-order chi connectivity index (χ0) is 63.3. The summed E-state index contributed by atoms with van der Waals surface area (Å²) in [6.07, 6.45) is -48.6. The highest BCUT2D eigenvalue weighted by molar-refractivity contribution is 7.83. The molecule has 0 aromatic carbocycles. The Morgan fingerprint density at radius 2 is 0.605 bits per heavy atom. The predicted octanol–water partition coefficient (Wildman–Crippen LogP) is -9.68. The van der Waals surface area contributed by atoms with Crippen molar-refractivity contribution in [1.29, 1.82) is 0 Å². The summed E-state index contributed by atoms with van der Waals surface area (Å²) in [6.45, 7) is -9.02. The second kappa shape index (κ2) is 28.1. The van der Waals surface area contributed by atoms with Gasteiger partial charge in [0.1, 0.15) is 61.0 Å². The molecule has 0 spiro atoms. The molecule has 0 saturated carbocycles. The Bertz CT molecular complexity index is 3480. The molecule has 2 aliphatic rings. The van der Waals surface area contributed by atoms with Crippen LogP contribution >= 0.6 is 0 Å². The van der Waals surface area contributed by atoms with Crippen molar-refractivity contribution in [2.24, 2.45) is 0 Å². The van der Waals surface area contributed by atoms with Crippen molar-refractivity contribution in [3.63, 3.8) is 0 Å². The van der Waals surface area contributed by atoms with Crippen LogP contribution < -0.4 is 0 Å². The summed E-state index contributed by atoms with van der Waals surface area (Å²) >= 11 is -4.33. The molecule has 51 nitrogen and oxygen atoms in total. The van der Waals surface area contributed by atoms with Crippen molar-refractivity contribution < 1.29 is 221 Å². The minimum Gasteiger partial charge on any atom is -0.347 e. The van der Waals surface area contributed by atoms with Gasteiger partial charge in [0.05, 0.1) is 26.4 Å². The van der Waals surface area contributed by atoms with Gasteiger partial charge < -0.3 is 18.9 Å². The molecule has 0 aromatic rings. The largest absolute Gasteiger partial charge is 0.397 e. The van der Waals surface area contributed by atoms with Gasteiger partial charge >= 0.3 is 126 Å². The molecule has 484 valence electrons. The molecular formula is C18H34O51S12. The molecule has 2 heterocycles. The first kappa shape index (κ1) is 75.6. The van der Waals surface area contributed by atoms with Gasteiger partial charge in [-0.25, -0.2) is 46.0 Å². The molecular weight excluding hydrogens is 1420 g/mol. The van der Waals surface area contributed by atoms with Gasteiger partial charge in [-0.15, -0.1) is 0 Å². The predicted molar refractivity (Wildman–Crippen MR) is 228 cm³/mol.